The molecule has 0 saturated heterocycles. The number of hydrogen-bond acceptors (Lipinski definition) is 1. The third-order valence-electron chi connectivity index (χ3n) is 4.00. The zero-order valence-corrected chi connectivity index (χ0v) is 13.9. The van der Waals surface area contributed by atoms with Crippen LogP contribution in [0.2, 0.25) is 5.02 Å². The molecule has 1 rings (SSSR count). The van der Waals surface area contributed by atoms with Gasteiger partial charge in [-0.15, -0.1) is 0 Å². The van der Waals surface area contributed by atoms with Crippen molar-refractivity contribution in [2.75, 3.05) is 0 Å². The number of hydrogen-bond donors (Lipinski definition) is 1. The van der Waals surface area contributed by atoms with E-state index in [-0.39, 0.29) is 6.04 Å². The van der Waals surface area contributed by atoms with Crippen LogP contribution in [0.3, 0.4) is 0 Å². The van der Waals surface area contributed by atoms with E-state index >= 15 is 0 Å². The molecule has 1 atom stereocenters. The summed E-state index contributed by atoms with van der Waals surface area (Å²) in [5.74, 6) is 0. The van der Waals surface area contributed by atoms with Crippen molar-refractivity contribution in [3.63, 3.8) is 0 Å². The van der Waals surface area contributed by atoms with Gasteiger partial charge in [0.15, 0.2) is 0 Å². The van der Waals surface area contributed by atoms with E-state index < -0.39 is 0 Å². The Morgan fingerprint density at radius 2 is 1.60 bits per heavy atom. The Hall–Kier alpha value is -0.530. The number of rotatable bonds is 10. The van der Waals surface area contributed by atoms with Gasteiger partial charge < -0.3 is 5.73 Å². The van der Waals surface area contributed by atoms with E-state index in [1.807, 2.05) is 12.1 Å². The van der Waals surface area contributed by atoms with Crippen molar-refractivity contribution in [3.8, 4) is 0 Å². The number of benzene rings is 1. The van der Waals surface area contributed by atoms with Crippen LogP contribution in [0.25, 0.3) is 0 Å². The molecule has 0 amide bonds. The van der Waals surface area contributed by atoms with Crippen molar-refractivity contribution in [1.82, 2.24) is 0 Å². The molecule has 0 bridgehead atoms. The van der Waals surface area contributed by atoms with Crippen LogP contribution >= 0.6 is 11.6 Å². The van der Waals surface area contributed by atoms with Gasteiger partial charge in [0.25, 0.3) is 0 Å². The van der Waals surface area contributed by atoms with Crippen molar-refractivity contribution < 1.29 is 0 Å². The van der Waals surface area contributed by atoms with Crippen molar-refractivity contribution in [2.45, 2.75) is 77.7 Å². The summed E-state index contributed by atoms with van der Waals surface area (Å²) >= 11 is 5.98. The van der Waals surface area contributed by atoms with Gasteiger partial charge in [-0.3, -0.25) is 0 Å². The summed E-state index contributed by atoms with van der Waals surface area (Å²) in [5, 5.41) is 0.797. The van der Waals surface area contributed by atoms with Crippen LogP contribution in [0, 0.1) is 6.92 Å². The minimum absolute atomic E-state index is 0.160. The van der Waals surface area contributed by atoms with Gasteiger partial charge >= 0.3 is 0 Å². The third-order valence-corrected chi connectivity index (χ3v) is 4.24. The second-order valence-electron chi connectivity index (χ2n) is 5.87. The van der Waals surface area contributed by atoms with Crippen LogP contribution in [-0.4, -0.2) is 0 Å². The van der Waals surface area contributed by atoms with Gasteiger partial charge in [-0.2, -0.15) is 0 Å². The molecule has 0 aliphatic heterocycles. The van der Waals surface area contributed by atoms with E-state index in [0.717, 1.165) is 11.4 Å². The fourth-order valence-electron chi connectivity index (χ4n) is 2.71. The van der Waals surface area contributed by atoms with E-state index in [9.17, 15) is 0 Å². The van der Waals surface area contributed by atoms with Crippen LogP contribution in [0.15, 0.2) is 18.2 Å². The Balaban J connectivity index is 2.15. The van der Waals surface area contributed by atoms with Crippen LogP contribution in [0.1, 0.15) is 81.9 Å². The summed E-state index contributed by atoms with van der Waals surface area (Å²) in [6.45, 7) is 4.36. The topological polar surface area (TPSA) is 26.0 Å². The van der Waals surface area contributed by atoms with Crippen LogP contribution in [0.5, 0.6) is 0 Å². The van der Waals surface area contributed by atoms with E-state index in [1.54, 1.807) is 0 Å². The fraction of sp³-hybridized carbons (Fsp3) is 0.667. The van der Waals surface area contributed by atoms with E-state index in [1.165, 1.54) is 62.5 Å². The van der Waals surface area contributed by atoms with E-state index in [0.29, 0.717) is 0 Å². The predicted molar refractivity (Wildman–Crippen MR) is 90.3 cm³/mol. The smallest absolute Gasteiger partial charge is 0.0408 e. The van der Waals surface area contributed by atoms with Gasteiger partial charge in [0.05, 0.1) is 0 Å². The molecule has 1 unspecified atom stereocenters. The maximum atomic E-state index is 6.28. The Morgan fingerprint density at radius 3 is 2.20 bits per heavy atom. The first kappa shape index (κ1) is 17.5. The Bertz CT molecular complexity index is 376. The molecule has 1 nitrogen and oxygen atoms in total. The zero-order chi connectivity index (χ0) is 14.8. The van der Waals surface area contributed by atoms with E-state index in [2.05, 4.69) is 19.9 Å². The van der Waals surface area contributed by atoms with Crippen molar-refractivity contribution in [3.05, 3.63) is 34.3 Å². The van der Waals surface area contributed by atoms with Gasteiger partial charge in [-0.25, -0.2) is 0 Å². The predicted octanol–water partition coefficient (Wildman–Crippen LogP) is 6.18. The number of nitrogens with two attached hydrogens (primary N) is 1. The van der Waals surface area contributed by atoms with Gasteiger partial charge in [-0.1, -0.05) is 76.0 Å². The minimum Gasteiger partial charge on any atom is -0.324 e. The van der Waals surface area contributed by atoms with Gasteiger partial charge in [-0.05, 0) is 36.6 Å². The first-order chi connectivity index (χ1) is 9.65. The molecule has 1 aromatic carbocycles. The highest BCUT2D eigenvalue weighted by Crippen LogP contribution is 2.23. The third kappa shape index (κ3) is 6.76. The molecule has 0 saturated carbocycles. The molecule has 0 radical (unpaired) electrons. The molecule has 1 aromatic rings. The molecule has 0 spiro atoms. The lowest BCUT2D eigenvalue weighted by Crippen LogP contribution is -2.11. The van der Waals surface area contributed by atoms with Crippen molar-refractivity contribution >= 4 is 11.6 Å². The molecular weight excluding hydrogens is 266 g/mol. The normalized spacial score (nSPS) is 12.6. The second-order valence-corrected chi connectivity index (χ2v) is 6.31. The highest BCUT2D eigenvalue weighted by Gasteiger charge is 2.08. The molecule has 2 heteroatoms. The fourth-order valence-corrected chi connectivity index (χ4v) is 2.94. The van der Waals surface area contributed by atoms with Crippen LogP contribution < -0.4 is 5.73 Å². The quantitative estimate of drug-likeness (QED) is 0.512. The summed E-state index contributed by atoms with van der Waals surface area (Å²) in [5.41, 5.74) is 8.74. The molecule has 0 fully saturated rings. The summed E-state index contributed by atoms with van der Waals surface area (Å²) in [6, 6.07) is 6.18. The summed E-state index contributed by atoms with van der Waals surface area (Å²) in [4.78, 5) is 0. The highest BCUT2D eigenvalue weighted by molar-refractivity contribution is 6.30. The Labute approximate surface area is 129 Å². The van der Waals surface area contributed by atoms with Crippen LogP contribution in [0.4, 0.5) is 0 Å². The monoisotopic (exact) mass is 295 g/mol. The van der Waals surface area contributed by atoms with Crippen molar-refractivity contribution in [2.24, 2.45) is 5.73 Å². The van der Waals surface area contributed by atoms with Gasteiger partial charge in [0, 0.05) is 11.1 Å². The zero-order valence-electron chi connectivity index (χ0n) is 13.1. The molecule has 114 valence electrons. The summed E-state index contributed by atoms with van der Waals surface area (Å²) < 4.78 is 0. The van der Waals surface area contributed by atoms with Gasteiger partial charge in [0.1, 0.15) is 0 Å². The first-order valence-corrected chi connectivity index (χ1v) is 8.54. The van der Waals surface area contributed by atoms with Crippen LogP contribution in [-0.2, 0) is 0 Å². The number of unbranched alkanes of at least 4 members (excludes halogenated alkanes) is 7. The molecule has 0 aliphatic carbocycles. The summed E-state index contributed by atoms with van der Waals surface area (Å²) in [6.07, 6.45) is 11.9. The largest absolute Gasteiger partial charge is 0.324 e. The van der Waals surface area contributed by atoms with E-state index in [4.69, 9.17) is 17.3 Å². The maximum absolute atomic E-state index is 6.28. The lowest BCUT2D eigenvalue weighted by Gasteiger charge is -2.15. The van der Waals surface area contributed by atoms with Crippen molar-refractivity contribution in [1.29, 1.82) is 0 Å². The molecule has 0 aliphatic rings. The molecule has 2 N–H and O–H groups in total. The molecule has 0 heterocycles. The SMILES string of the molecule is CCCCCCCCCCC(N)c1ccc(Cl)cc1C. The first-order valence-electron chi connectivity index (χ1n) is 8.16. The number of halogens is 1. The molecule has 20 heavy (non-hydrogen) atoms. The molecule has 0 aromatic heterocycles. The number of aryl methyl sites for hydroxylation is 1. The highest BCUT2D eigenvalue weighted by atomic mass is 35.5. The second kappa shape index (κ2) is 10.2. The Morgan fingerprint density at radius 1 is 1.00 bits per heavy atom. The average Bonchev–Trinajstić information content (AvgIpc) is 2.41. The lowest BCUT2D eigenvalue weighted by molar-refractivity contribution is 0.535. The van der Waals surface area contributed by atoms with Gasteiger partial charge in [0.2, 0.25) is 0 Å². The Kier molecular flexibility index (Phi) is 8.97. The lowest BCUT2D eigenvalue weighted by atomic mass is 9.97. The minimum atomic E-state index is 0.160. The summed E-state index contributed by atoms with van der Waals surface area (Å²) in [7, 11) is 0. The average molecular weight is 296 g/mol. The maximum Gasteiger partial charge on any atom is 0.0408 e. The molecular formula is C18H30ClN. The standard InChI is InChI=1S/C18H30ClN/c1-3-4-5-6-7-8-9-10-11-18(20)17-13-12-16(19)14-15(17)2/h12-14,18H,3-11,20H2,1-2H3.